The second kappa shape index (κ2) is 6.54. The molecule has 0 radical (unpaired) electrons. The second-order valence-electron chi connectivity index (χ2n) is 5.56. The Morgan fingerprint density at radius 1 is 1.24 bits per heavy atom. The van der Waals surface area contributed by atoms with E-state index in [1.165, 1.54) is 0 Å². The molecule has 0 spiro atoms. The molecule has 1 fully saturated rings. The van der Waals surface area contributed by atoms with E-state index in [-0.39, 0.29) is 30.5 Å². The van der Waals surface area contributed by atoms with Crippen LogP contribution in [0.4, 0.5) is 0 Å². The van der Waals surface area contributed by atoms with E-state index in [9.17, 15) is 4.79 Å². The summed E-state index contributed by atoms with van der Waals surface area (Å²) in [6.07, 6.45) is 3.98. The average molecular weight is 313 g/mol. The molecule has 0 bridgehead atoms. The first kappa shape index (κ1) is 15.9. The first-order valence-corrected chi connectivity index (χ1v) is 7.10. The average Bonchev–Trinajstić information content (AvgIpc) is 3.13. The van der Waals surface area contributed by atoms with Gasteiger partial charge < -0.3 is 20.5 Å². The molecule has 116 valence electrons. The van der Waals surface area contributed by atoms with Gasteiger partial charge in [0.25, 0.3) is 0 Å². The molecular formula is C15H21ClN2O3. The van der Waals surface area contributed by atoms with Crippen LogP contribution in [0.3, 0.4) is 0 Å². The van der Waals surface area contributed by atoms with Crippen molar-refractivity contribution in [3.8, 4) is 11.5 Å². The number of ether oxygens (including phenoxy) is 2. The third-order valence-corrected chi connectivity index (χ3v) is 4.32. The summed E-state index contributed by atoms with van der Waals surface area (Å²) in [5.41, 5.74) is 6.47. The lowest BCUT2D eigenvalue weighted by atomic mass is 9.85. The Labute approximate surface area is 130 Å². The molecule has 1 aromatic rings. The number of amides is 1. The van der Waals surface area contributed by atoms with E-state index in [2.05, 4.69) is 5.32 Å². The maximum Gasteiger partial charge on any atom is 0.231 e. The summed E-state index contributed by atoms with van der Waals surface area (Å²) in [6.45, 7) is 1.19. The van der Waals surface area contributed by atoms with E-state index in [1.807, 2.05) is 18.2 Å². The number of hydrogen-bond acceptors (Lipinski definition) is 4. The van der Waals surface area contributed by atoms with Gasteiger partial charge in [-0.1, -0.05) is 18.9 Å². The van der Waals surface area contributed by atoms with Gasteiger partial charge in [-0.2, -0.15) is 0 Å². The summed E-state index contributed by atoms with van der Waals surface area (Å²) < 4.78 is 10.6. The standard InChI is InChI=1S/C15H20N2O3.ClH/c16-9-15(5-1-2-6-15)14(18)17-8-11-3-4-12-13(7-11)20-10-19-12;/h3-4,7H,1-2,5-6,8-10,16H2,(H,17,18);1H. The van der Waals surface area contributed by atoms with E-state index in [0.717, 1.165) is 42.7 Å². The zero-order valence-corrected chi connectivity index (χ0v) is 12.7. The van der Waals surface area contributed by atoms with Gasteiger partial charge in [-0.3, -0.25) is 4.79 Å². The number of carbonyl (C=O) groups is 1. The van der Waals surface area contributed by atoms with Gasteiger partial charge in [0.15, 0.2) is 11.5 Å². The van der Waals surface area contributed by atoms with Crippen LogP contribution in [0.15, 0.2) is 18.2 Å². The summed E-state index contributed by atoms with van der Waals surface area (Å²) in [4.78, 5) is 12.4. The third kappa shape index (κ3) is 3.09. The van der Waals surface area contributed by atoms with Gasteiger partial charge in [0.1, 0.15) is 0 Å². The summed E-state index contributed by atoms with van der Waals surface area (Å²) in [5, 5.41) is 3.01. The van der Waals surface area contributed by atoms with Gasteiger partial charge in [0, 0.05) is 13.1 Å². The Morgan fingerprint density at radius 2 is 1.95 bits per heavy atom. The molecule has 1 aliphatic heterocycles. The van der Waals surface area contributed by atoms with Crippen molar-refractivity contribution >= 4 is 18.3 Å². The van der Waals surface area contributed by atoms with E-state index < -0.39 is 0 Å². The molecule has 0 atom stereocenters. The van der Waals surface area contributed by atoms with Gasteiger partial charge in [0.05, 0.1) is 5.41 Å². The topological polar surface area (TPSA) is 73.6 Å². The summed E-state index contributed by atoms with van der Waals surface area (Å²) >= 11 is 0. The second-order valence-corrected chi connectivity index (χ2v) is 5.56. The van der Waals surface area contributed by atoms with Crippen LogP contribution < -0.4 is 20.5 Å². The fourth-order valence-corrected chi connectivity index (χ4v) is 3.00. The van der Waals surface area contributed by atoms with Crippen molar-refractivity contribution in [2.24, 2.45) is 11.1 Å². The molecule has 6 heteroatoms. The molecule has 0 unspecified atom stereocenters. The Kier molecular flexibility index (Phi) is 4.96. The van der Waals surface area contributed by atoms with Gasteiger partial charge in [-0.25, -0.2) is 0 Å². The summed E-state index contributed by atoms with van der Waals surface area (Å²) in [6, 6.07) is 5.72. The predicted molar refractivity (Wildman–Crippen MR) is 81.6 cm³/mol. The minimum Gasteiger partial charge on any atom is -0.454 e. The summed E-state index contributed by atoms with van der Waals surface area (Å²) in [7, 11) is 0. The molecule has 1 amide bonds. The van der Waals surface area contributed by atoms with E-state index in [0.29, 0.717) is 13.1 Å². The molecule has 21 heavy (non-hydrogen) atoms. The van der Waals surface area contributed by atoms with Crippen LogP contribution >= 0.6 is 12.4 Å². The lowest BCUT2D eigenvalue weighted by Gasteiger charge is -2.25. The zero-order valence-electron chi connectivity index (χ0n) is 11.9. The van der Waals surface area contributed by atoms with Crippen molar-refractivity contribution < 1.29 is 14.3 Å². The molecular weight excluding hydrogens is 292 g/mol. The van der Waals surface area contributed by atoms with Crippen molar-refractivity contribution in [2.75, 3.05) is 13.3 Å². The fraction of sp³-hybridized carbons (Fsp3) is 0.533. The monoisotopic (exact) mass is 312 g/mol. The van der Waals surface area contributed by atoms with Crippen LogP contribution in [0, 0.1) is 5.41 Å². The maximum atomic E-state index is 12.4. The van der Waals surface area contributed by atoms with Crippen LogP contribution in [0.2, 0.25) is 0 Å². The number of rotatable bonds is 4. The number of benzene rings is 1. The first-order valence-electron chi connectivity index (χ1n) is 7.10. The lowest BCUT2D eigenvalue weighted by molar-refractivity contribution is -0.130. The van der Waals surface area contributed by atoms with Crippen LogP contribution in [0.1, 0.15) is 31.2 Å². The Morgan fingerprint density at radius 3 is 2.67 bits per heavy atom. The minimum absolute atomic E-state index is 0. The molecule has 1 saturated carbocycles. The smallest absolute Gasteiger partial charge is 0.231 e. The Balaban J connectivity index is 0.00000161. The van der Waals surface area contributed by atoms with Crippen LogP contribution in [-0.2, 0) is 11.3 Å². The number of nitrogens with one attached hydrogen (secondary N) is 1. The van der Waals surface area contributed by atoms with Crippen LogP contribution in [0.5, 0.6) is 11.5 Å². The number of carbonyl (C=O) groups excluding carboxylic acids is 1. The quantitative estimate of drug-likeness (QED) is 0.891. The molecule has 1 aromatic carbocycles. The normalized spacial score (nSPS) is 18.1. The number of nitrogens with two attached hydrogens (primary N) is 1. The molecule has 1 aliphatic carbocycles. The fourth-order valence-electron chi connectivity index (χ4n) is 3.00. The summed E-state index contributed by atoms with van der Waals surface area (Å²) in [5.74, 6) is 1.58. The van der Waals surface area contributed by atoms with E-state index in [4.69, 9.17) is 15.2 Å². The predicted octanol–water partition coefficient (Wildman–Crippen LogP) is 1.97. The van der Waals surface area contributed by atoms with Gasteiger partial charge in [0.2, 0.25) is 12.7 Å². The molecule has 2 aliphatic rings. The maximum absolute atomic E-state index is 12.4. The van der Waals surface area contributed by atoms with E-state index in [1.54, 1.807) is 0 Å². The van der Waals surface area contributed by atoms with Crippen molar-refractivity contribution in [3.63, 3.8) is 0 Å². The van der Waals surface area contributed by atoms with Crippen molar-refractivity contribution in [3.05, 3.63) is 23.8 Å². The zero-order chi connectivity index (χ0) is 14.0. The van der Waals surface area contributed by atoms with Crippen LogP contribution in [0.25, 0.3) is 0 Å². The highest BCUT2D eigenvalue weighted by Crippen LogP contribution is 2.37. The van der Waals surface area contributed by atoms with Crippen LogP contribution in [-0.4, -0.2) is 19.2 Å². The SMILES string of the molecule is Cl.NCC1(C(=O)NCc2ccc3c(c2)OCO3)CCCC1. The Hall–Kier alpha value is -1.46. The number of hydrogen-bond donors (Lipinski definition) is 2. The minimum atomic E-state index is -0.351. The highest BCUT2D eigenvalue weighted by molar-refractivity contribution is 5.85. The lowest BCUT2D eigenvalue weighted by Crippen LogP contribution is -2.43. The molecule has 0 saturated heterocycles. The first-order chi connectivity index (χ1) is 9.73. The van der Waals surface area contributed by atoms with Gasteiger partial charge >= 0.3 is 0 Å². The van der Waals surface area contributed by atoms with Crippen molar-refractivity contribution in [2.45, 2.75) is 32.2 Å². The number of fused-ring (bicyclic) bond motifs is 1. The molecule has 5 nitrogen and oxygen atoms in total. The highest BCUT2D eigenvalue weighted by atomic mass is 35.5. The van der Waals surface area contributed by atoms with Crippen molar-refractivity contribution in [1.82, 2.24) is 5.32 Å². The molecule has 3 rings (SSSR count). The highest BCUT2D eigenvalue weighted by Gasteiger charge is 2.39. The van der Waals surface area contributed by atoms with E-state index >= 15 is 0 Å². The molecule has 1 heterocycles. The molecule has 3 N–H and O–H groups in total. The Bertz CT molecular complexity index is 516. The number of halogens is 1. The largest absolute Gasteiger partial charge is 0.454 e. The van der Waals surface area contributed by atoms with Gasteiger partial charge in [-0.15, -0.1) is 12.4 Å². The van der Waals surface area contributed by atoms with Crippen molar-refractivity contribution in [1.29, 1.82) is 0 Å². The third-order valence-electron chi connectivity index (χ3n) is 4.32. The molecule has 0 aromatic heterocycles. The van der Waals surface area contributed by atoms with Gasteiger partial charge in [-0.05, 0) is 30.5 Å².